The topological polar surface area (TPSA) is 43.9 Å². The van der Waals surface area contributed by atoms with E-state index in [1.165, 1.54) is 17.5 Å². The summed E-state index contributed by atoms with van der Waals surface area (Å²) < 4.78 is 0. The summed E-state index contributed by atoms with van der Waals surface area (Å²) >= 11 is 0. The number of carbonyl (C=O) groups is 2. The van der Waals surface area contributed by atoms with Crippen LogP contribution in [-0.4, -0.2) is 58.7 Å². The standard InChI is InChI=1S/C27H33N3O2.H2S/c1-20-7-9-22(10-8-20)19-30-25(11-12-26(30)31)27(32)29-17-23-13-24(18-29)16-28(15-23)14-21-5-3-2-4-6-21;/h2-10,23-25H,11-19H2,1H3;1H2/t23?,24?,25-;/m0./s1. The summed E-state index contributed by atoms with van der Waals surface area (Å²) in [6.45, 7) is 7.32. The summed E-state index contributed by atoms with van der Waals surface area (Å²) in [5.41, 5.74) is 3.66. The minimum atomic E-state index is -0.303. The van der Waals surface area contributed by atoms with Crippen LogP contribution in [0.25, 0.3) is 0 Å². The number of carbonyl (C=O) groups excluding carboxylic acids is 2. The highest BCUT2D eigenvalue weighted by Gasteiger charge is 2.42. The molecule has 176 valence electrons. The summed E-state index contributed by atoms with van der Waals surface area (Å²) in [6, 6.07) is 18.6. The van der Waals surface area contributed by atoms with Crippen LogP contribution < -0.4 is 0 Å². The van der Waals surface area contributed by atoms with Crippen LogP contribution in [0.2, 0.25) is 0 Å². The van der Waals surface area contributed by atoms with Gasteiger partial charge in [-0.1, -0.05) is 60.2 Å². The van der Waals surface area contributed by atoms with Gasteiger partial charge in [-0.3, -0.25) is 14.5 Å². The van der Waals surface area contributed by atoms with Crippen LogP contribution in [0.1, 0.15) is 36.0 Å². The van der Waals surface area contributed by atoms with Crippen LogP contribution in [0.15, 0.2) is 54.6 Å². The molecule has 2 bridgehead atoms. The molecule has 0 aromatic heterocycles. The molecule has 0 spiro atoms. The van der Waals surface area contributed by atoms with E-state index in [-0.39, 0.29) is 31.4 Å². The van der Waals surface area contributed by atoms with E-state index < -0.39 is 0 Å². The highest BCUT2D eigenvalue weighted by molar-refractivity contribution is 7.59. The van der Waals surface area contributed by atoms with Crippen LogP contribution in [-0.2, 0) is 22.7 Å². The second kappa shape index (κ2) is 10.3. The third-order valence-electron chi connectivity index (χ3n) is 7.30. The van der Waals surface area contributed by atoms with Gasteiger partial charge in [-0.25, -0.2) is 0 Å². The maximum Gasteiger partial charge on any atom is 0.245 e. The number of fused-ring (bicyclic) bond motifs is 2. The van der Waals surface area contributed by atoms with E-state index in [0.717, 1.165) is 38.3 Å². The van der Waals surface area contributed by atoms with Crippen LogP contribution in [0.4, 0.5) is 0 Å². The van der Waals surface area contributed by atoms with Crippen LogP contribution in [0.5, 0.6) is 0 Å². The molecule has 3 fully saturated rings. The molecule has 2 amide bonds. The molecule has 2 aromatic carbocycles. The van der Waals surface area contributed by atoms with E-state index in [1.807, 2.05) is 4.90 Å². The Bertz CT molecular complexity index is 951. The zero-order valence-corrected chi connectivity index (χ0v) is 20.5. The fraction of sp³-hybridized carbons (Fsp3) is 0.481. The Balaban J connectivity index is 0.00000259. The van der Waals surface area contributed by atoms with Crippen LogP contribution in [0.3, 0.4) is 0 Å². The van der Waals surface area contributed by atoms with Gasteiger partial charge in [-0.05, 0) is 42.7 Å². The van der Waals surface area contributed by atoms with E-state index >= 15 is 0 Å². The Morgan fingerprint density at radius 1 is 0.879 bits per heavy atom. The minimum absolute atomic E-state index is 0. The summed E-state index contributed by atoms with van der Waals surface area (Å²) in [4.78, 5) is 32.6. The SMILES string of the molecule is Cc1ccc(CN2C(=O)CC[C@H]2C(=O)N2CC3CC(CN(Cc4ccccc4)C3)C2)cc1.S. The van der Waals surface area contributed by atoms with Gasteiger partial charge in [0, 0.05) is 45.7 Å². The highest BCUT2D eigenvalue weighted by Crippen LogP contribution is 2.32. The van der Waals surface area contributed by atoms with Crippen molar-refractivity contribution in [1.29, 1.82) is 0 Å². The number of piperidine rings is 2. The van der Waals surface area contributed by atoms with E-state index in [4.69, 9.17) is 0 Å². The van der Waals surface area contributed by atoms with Gasteiger partial charge in [0.25, 0.3) is 0 Å². The molecule has 2 unspecified atom stereocenters. The lowest BCUT2D eigenvalue weighted by Crippen LogP contribution is -2.57. The zero-order chi connectivity index (χ0) is 22.1. The number of amides is 2. The lowest BCUT2D eigenvalue weighted by atomic mass is 9.84. The third-order valence-corrected chi connectivity index (χ3v) is 7.30. The number of hydrogen-bond acceptors (Lipinski definition) is 3. The molecule has 0 radical (unpaired) electrons. The van der Waals surface area contributed by atoms with E-state index in [9.17, 15) is 9.59 Å². The van der Waals surface area contributed by atoms with E-state index in [1.54, 1.807) is 0 Å². The normalized spacial score (nSPS) is 25.1. The van der Waals surface area contributed by atoms with E-state index in [0.29, 0.717) is 31.2 Å². The van der Waals surface area contributed by atoms with E-state index in [2.05, 4.69) is 71.3 Å². The molecule has 5 rings (SSSR count). The Morgan fingerprint density at radius 2 is 1.52 bits per heavy atom. The van der Waals surface area contributed by atoms with Gasteiger partial charge in [0.2, 0.25) is 11.8 Å². The predicted molar refractivity (Wildman–Crippen MR) is 135 cm³/mol. The van der Waals surface area contributed by atoms with Crippen molar-refractivity contribution in [3.8, 4) is 0 Å². The Morgan fingerprint density at radius 3 is 2.18 bits per heavy atom. The van der Waals surface area contributed by atoms with Gasteiger partial charge >= 0.3 is 0 Å². The highest BCUT2D eigenvalue weighted by atomic mass is 32.1. The molecule has 3 atom stereocenters. The third kappa shape index (κ3) is 5.44. The monoisotopic (exact) mass is 465 g/mol. The van der Waals surface area contributed by atoms with Crippen molar-refractivity contribution in [3.63, 3.8) is 0 Å². The average Bonchev–Trinajstić information content (AvgIpc) is 3.15. The van der Waals surface area contributed by atoms with Crippen LogP contribution in [0, 0.1) is 18.8 Å². The molecule has 0 saturated carbocycles. The minimum Gasteiger partial charge on any atom is -0.340 e. The van der Waals surface area contributed by atoms with Gasteiger partial charge in [-0.15, -0.1) is 0 Å². The summed E-state index contributed by atoms with van der Waals surface area (Å²) in [5.74, 6) is 1.32. The zero-order valence-electron chi connectivity index (χ0n) is 19.5. The van der Waals surface area contributed by atoms with Crippen molar-refractivity contribution in [2.24, 2.45) is 11.8 Å². The van der Waals surface area contributed by atoms with Gasteiger partial charge in [0.1, 0.15) is 6.04 Å². The molecule has 3 saturated heterocycles. The van der Waals surface area contributed by atoms with Crippen molar-refractivity contribution in [2.45, 2.75) is 45.3 Å². The van der Waals surface area contributed by atoms with Crippen LogP contribution >= 0.6 is 13.5 Å². The van der Waals surface area contributed by atoms with Crippen molar-refractivity contribution in [1.82, 2.24) is 14.7 Å². The van der Waals surface area contributed by atoms with Crippen molar-refractivity contribution in [2.75, 3.05) is 26.2 Å². The fourth-order valence-corrected chi connectivity index (χ4v) is 5.83. The number of nitrogens with zero attached hydrogens (tertiary/aromatic N) is 3. The lowest BCUT2D eigenvalue weighted by molar-refractivity contribution is -0.145. The molecule has 0 N–H and O–H groups in total. The largest absolute Gasteiger partial charge is 0.340 e. The molecule has 3 aliphatic rings. The number of aryl methyl sites for hydroxylation is 1. The predicted octanol–water partition coefficient (Wildman–Crippen LogP) is 3.58. The summed E-state index contributed by atoms with van der Waals surface area (Å²) in [6.07, 6.45) is 2.34. The molecule has 3 heterocycles. The first-order valence-electron chi connectivity index (χ1n) is 12.0. The van der Waals surface area contributed by atoms with Crippen molar-refractivity contribution >= 4 is 25.3 Å². The maximum absolute atomic E-state index is 13.5. The molecular weight excluding hydrogens is 430 g/mol. The number of likely N-dealkylation sites (tertiary alicyclic amines) is 3. The van der Waals surface area contributed by atoms with Gasteiger partial charge in [0.05, 0.1) is 0 Å². The van der Waals surface area contributed by atoms with Crippen molar-refractivity contribution in [3.05, 3.63) is 71.3 Å². The average molecular weight is 466 g/mol. The Hall–Kier alpha value is -2.31. The number of benzene rings is 2. The summed E-state index contributed by atoms with van der Waals surface area (Å²) in [7, 11) is 0. The molecular formula is C27H35N3O2S. The van der Waals surface area contributed by atoms with Gasteiger partial charge in [-0.2, -0.15) is 13.5 Å². The molecule has 33 heavy (non-hydrogen) atoms. The second-order valence-electron chi connectivity index (χ2n) is 9.95. The lowest BCUT2D eigenvalue weighted by Gasteiger charge is -2.46. The fourth-order valence-electron chi connectivity index (χ4n) is 5.83. The van der Waals surface area contributed by atoms with Gasteiger partial charge in [0.15, 0.2) is 0 Å². The summed E-state index contributed by atoms with van der Waals surface area (Å²) in [5, 5.41) is 0. The maximum atomic E-state index is 13.5. The quantitative estimate of drug-likeness (QED) is 0.678. The first-order valence-corrected chi connectivity index (χ1v) is 12.0. The molecule has 3 aliphatic heterocycles. The first-order chi connectivity index (χ1) is 15.5. The van der Waals surface area contributed by atoms with Crippen molar-refractivity contribution < 1.29 is 9.59 Å². The molecule has 2 aromatic rings. The van der Waals surface area contributed by atoms with Gasteiger partial charge < -0.3 is 9.80 Å². The first kappa shape index (κ1) is 23.8. The second-order valence-corrected chi connectivity index (χ2v) is 9.95. The Labute approximate surface area is 204 Å². The number of rotatable bonds is 5. The Kier molecular flexibility index (Phi) is 7.45. The molecule has 5 nitrogen and oxygen atoms in total. The number of hydrogen-bond donors (Lipinski definition) is 0. The molecule has 6 heteroatoms. The molecule has 0 aliphatic carbocycles. The smallest absolute Gasteiger partial charge is 0.245 e.